The third kappa shape index (κ3) is 4.56. The van der Waals surface area contributed by atoms with E-state index in [-0.39, 0.29) is 17.3 Å². The fourth-order valence-electron chi connectivity index (χ4n) is 3.87. The fourth-order valence-corrected chi connectivity index (χ4v) is 5.11. The molecular weight excluding hydrogens is 466 g/mol. The van der Waals surface area contributed by atoms with Crippen molar-refractivity contribution in [3.05, 3.63) is 75.1 Å². The van der Waals surface area contributed by atoms with E-state index in [1.165, 1.54) is 16.9 Å². The molecule has 8 heteroatoms. The number of anilines is 2. The first-order valence-corrected chi connectivity index (χ1v) is 12.0. The van der Waals surface area contributed by atoms with Crippen molar-refractivity contribution in [3.63, 3.8) is 0 Å². The van der Waals surface area contributed by atoms with Crippen LogP contribution in [0.25, 0.3) is 21.3 Å². The molecule has 34 heavy (non-hydrogen) atoms. The summed E-state index contributed by atoms with van der Waals surface area (Å²) in [6, 6.07) is 17.6. The number of nitrogens with zero attached hydrogens (tertiary/aromatic N) is 2. The highest BCUT2D eigenvalue weighted by Gasteiger charge is 2.24. The van der Waals surface area contributed by atoms with Gasteiger partial charge in [-0.15, -0.1) is 11.3 Å². The number of amides is 1. The second-order valence-corrected chi connectivity index (χ2v) is 9.73. The van der Waals surface area contributed by atoms with Crippen LogP contribution in [0.3, 0.4) is 0 Å². The SMILES string of the molecule is CC(C)c1ccc(-c2c(C#N)c(N)nc3sc(C(=O)NCCc4cccc(Cl)c4)c(N)c23)cc1. The zero-order valence-electron chi connectivity index (χ0n) is 18.9. The second-order valence-electron chi connectivity index (χ2n) is 8.30. The molecule has 4 aromatic rings. The quantitative estimate of drug-likeness (QED) is 0.318. The van der Waals surface area contributed by atoms with E-state index >= 15 is 0 Å². The van der Waals surface area contributed by atoms with Gasteiger partial charge in [0, 0.05) is 22.5 Å². The van der Waals surface area contributed by atoms with Gasteiger partial charge in [0.05, 0.1) is 5.69 Å². The highest BCUT2D eigenvalue weighted by Crippen LogP contribution is 2.42. The maximum atomic E-state index is 13.0. The van der Waals surface area contributed by atoms with Crippen molar-refractivity contribution in [2.24, 2.45) is 0 Å². The molecule has 2 aromatic carbocycles. The lowest BCUT2D eigenvalue weighted by atomic mass is 9.94. The molecule has 2 aromatic heterocycles. The first-order valence-electron chi connectivity index (χ1n) is 10.8. The number of halogens is 1. The number of carbonyl (C=O) groups excluding carboxylic acids is 1. The molecule has 0 saturated carbocycles. The summed E-state index contributed by atoms with van der Waals surface area (Å²) in [6.45, 7) is 4.66. The fraction of sp³-hybridized carbons (Fsp3) is 0.192. The van der Waals surface area contributed by atoms with E-state index < -0.39 is 0 Å². The van der Waals surface area contributed by atoms with Crippen LogP contribution < -0.4 is 16.8 Å². The van der Waals surface area contributed by atoms with E-state index in [9.17, 15) is 10.1 Å². The summed E-state index contributed by atoms with van der Waals surface area (Å²) < 4.78 is 0. The summed E-state index contributed by atoms with van der Waals surface area (Å²) in [5.41, 5.74) is 16.8. The number of hydrogen-bond donors (Lipinski definition) is 3. The molecular formula is C26H24ClN5OS. The normalized spacial score (nSPS) is 11.0. The summed E-state index contributed by atoms with van der Waals surface area (Å²) in [4.78, 5) is 18.2. The molecule has 0 bridgehead atoms. The van der Waals surface area contributed by atoms with Crippen LogP contribution in [-0.2, 0) is 6.42 Å². The molecule has 0 aliphatic heterocycles. The van der Waals surface area contributed by atoms with Gasteiger partial charge in [0.15, 0.2) is 0 Å². The molecule has 1 amide bonds. The number of carbonyl (C=O) groups is 1. The number of thiophene rings is 1. The van der Waals surface area contributed by atoms with Crippen molar-refractivity contribution < 1.29 is 4.79 Å². The molecule has 5 N–H and O–H groups in total. The molecule has 0 unspecified atom stereocenters. The van der Waals surface area contributed by atoms with Gasteiger partial charge in [0.1, 0.15) is 27.2 Å². The molecule has 0 aliphatic rings. The molecule has 0 saturated heterocycles. The molecule has 2 heterocycles. The first kappa shape index (κ1) is 23.6. The molecule has 4 rings (SSSR count). The number of nitrogens with one attached hydrogen (secondary N) is 1. The summed E-state index contributed by atoms with van der Waals surface area (Å²) in [5, 5.41) is 14.0. The number of pyridine rings is 1. The number of hydrogen-bond acceptors (Lipinski definition) is 6. The number of nitriles is 1. The van der Waals surface area contributed by atoms with Gasteiger partial charge in [-0.3, -0.25) is 4.79 Å². The van der Waals surface area contributed by atoms with Gasteiger partial charge < -0.3 is 16.8 Å². The topological polar surface area (TPSA) is 118 Å². The van der Waals surface area contributed by atoms with Crippen LogP contribution in [0, 0.1) is 11.3 Å². The Balaban J connectivity index is 1.70. The average Bonchev–Trinajstić information content (AvgIpc) is 3.14. The van der Waals surface area contributed by atoms with Gasteiger partial charge in [0.25, 0.3) is 5.91 Å². The Morgan fingerprint density at radius 3 is 2.59 bits per heavy atom. The monoisotopic (exact) mass is 489 g/mol. The van der Waals surface area contributed by atoms with Gasteiger partial charge in [-0.05, 0) is 41.2 Å². The molecule has 0 aliphatic carbocycles. The van der Waals surface area contributed by atoms with E-state index in [0.717, 1.165) is 11.1 Å². The largest absolute Gasteiger partial charge is 0.397 e. The Labute approximate surface area is 207 Å². The predicted octanol–water partition coefficient (Wildman–Crippen LogP) is 5.75. The Kier molecular flexibility index (Phi) is 6.73. The third-order valence-electron chi connectivity index (χ3n) is 5.68. The van der Waals surface area contributed by atoms with Crippen molar-refractivity contribution >= 4 is 50.6 Å². The average molecular weight is 490 g/mol. The Morgan fingerprint density at radius 2 is 1.94 bits per heavy atom. The Morgan fingerprint density at radius 1 is 1.21 bits per heavy atom. The zero-order valence-corrected chi connectivity index (χ0v) is 20.4. The van der Waals surface area contributed by atoms with Gasteiger partial charge in [-0.25, -0.2) is 4.98 Å². The van der Waals surface area contributed by atoms with E-state index in [1.54, 1.807) is 0 Å². The lowest BCUT2D eigenvalue weighted by Crippen LogP contribution is -2.25. The van der Waals surface area contributed by atoms with Crippen LogP contribution in [0.5, 0.6) is 0 Å². The van der Waals surface area contributed by atoms with Crippen molar-refractivity contribution in [2.45, 2.75) is 26.2 Å². The number of rotatable bonds is 6. The summed E-state index contributed by atoms with van der Waals surface area (Å²) in [6.07, 6.45) is 0.633. The molecule has 6 nitrogen and oxygen atoms in total. The van der Waals surface area contributed by atoms with E-state index in [1.807, 2.05) is 48.5 Å². The van der Waals surface area contributed by atoms with Crippen molar-refractivity contribution in [2.75, 3.05) is 18.0 Å². The number of fused-ring (bicyclic) bond motifs is 1. The van der Waals surface area contributed by atoms with Gasteiger partial charge in [-0.1, -0.05) is 61.8 Å². The van der Waals surface area contributed by atoms with Crippen molar-refractivity contribution in [1.82, 2.24) is 10.3 Å². The third-order valence-corrected chi connectivity index (χ3v) is 7.01. The predicted molar refractivity (Wildman–Crippen MR) is 140 cm³/mol. The highest BCUT2D eigenvalue weighted by molar-refractivity contribution is 7.21. The van der Waals surface area contributed by atoms with Crippen molar-refractivity contribution in [1.29, 1.82) is 5.26 Å². The second kappa shape index (κ2) is 9.72. The van der Waals surface area contributed by atoms with Crippen molar-refractivity contribution in [3.8, 4) is 17.2 Å². The molecule has 172 valence electrons. The molecule has 0 fully saturated rings. The minimum absolute atomic E-state index is 0.118. The maximum Gasteiger partial charge on any atom is 0.263 e. The van der Waals surface area contributed by atoms with E-state index in [4.69, 9.17) is 23.1 Å². The van der Waals surface area contributed by atoms with Crippen LogP contribution in [0.2, 0.25) is 5.02 Å². The summed E-state index contributed by atoms with van der Waals surface area (Å²) in [7, 11) is 0. The van der Waals surface area contributed by atoms with Crippen LogP contribution in [0.15, 0.2) is 48.5 Å². The molecule has 0 radical (unpaired) electrons. The molecule has 0 atom stereocenters. The zero-order chi connectivity index (χ0) is 24.4. The van der Waals surface area contributed by atoms with Crippen LogP contribution in [0.1, 0.15) is 46.1 Å². The lowest BCUT2D eigenvalue weighted by molar-refractivity contribution is 0.0959. The van der Waals surface area contributed by atoms with Crippen LogP contribution >= 0.6 is 22.9 Å². The number of nitrogens with two attached hydrogens (primary N) is 2. The minimum Gasteiger partial charge on any atom is -0.397 e. The minimum atomic E-state index is -0.291. The number of aromatic nitrogens is 1. The Hall–Kier alpha value is -3.60. The number of nitrogen functional groups attached to an aromatic ring is 2. The van der Waals surface area contributed by atoms with E-state index in [0.29, 0.717) is 50.3 Å². The Bertz CT molecular complexity index is 1420. The lowest BCUT2D eigenvalue weighted by Gasteiger charge is -2.11. The molecule has 0 spiro atoms. The standard InChI is InChI=1S/C26H24ClN5OS/c1-14(2)16-6-8-17(9-7-16)20-19(13-28)24(30)32-26-21(20)22(29)23(34-26)25(33)31-11-10-15-4-3-5-18(27)12-15/h3-9,12,14H,10-11,29H2,1-2H3,(H2,30,32)(H,31,33). The van der Waals surface area contributed by atoms with E-state index in [2.05, 4.69) is 30.2 Å². The smallest absolute Gasteiger partial charge is 0.263 e. The number of benzene rings is 2. The van der Waals surface area contributed by atoms with Crippen LogP contribution in [0.4, 0.5) is 11.5 Å². The first-order chi connectivity index (χ1) is 16.3. The van der Waals surface area contributed by atoms with Gasteiger partial charge in [0.2, 0.25) is 0 Å². The highest BCUT2D eigenvalue weighted by atomic mass is 35.5. The summed E-state index contributed by atoms with van der Waals surface area (Å²) >= 11 is 7.20. The van der Waals surface area contributed by atoms with Gasteiger partial charge >= 0.3 is 0 Å². The van der Waals surface area contributed by atoms with Gasteiger partial charge in [-0.2, -0.15) is 5.26 Å². The summed E-state index contributed by atoms with van der Waals surface area (Å²) in [5.74, 6) is 0.202. The van der Waals surface area contributed by atoms with Crippen LogP contribution in [-0.4, -0.2) is 17.4 Å². The maximum absolute atomic E-state index is 13.0.